The van der Waals surface area contributed by atoms with Crippen LogP contribution in [-0.2, 0) is 30.7 Å². The maximum absolute atomic E-state index is 13.4. The van der Waals surface area contributed by atoms with Crippen molar-refractivity contribution in [3.63, 3.8) is 0 Å². The number of nitrogens with zero attached hydrogens (tertiary/aromatic N) is 4. The second-order valence-electron chi connectivity index (χ2n) is 7.46. The van der Waals surface area contributed by atoms with E-state index in [9.17, 15) is 9.18 Å². The Balaban J connectivity index is 1.53. The van der Waals surface area contributed by atoms with Gasteiger partial charge >= 0.3 is 0 Å². The molecule has 3 aromatic heterocycles. The summed E-state index contributed by atoms with van der Waals surface area (Å²) in [5.74, 6) is -0.233. The molecule has 4 rings (SSSR count). The van der Waals surface area contributed by atoms with E-state index in [0.29, 0.717) is 19.5 Å². The molecule has 1 N–H and O–H groups in total. The number of rotatable bonds is 10. The molecule has 164 valence electrons. The number of benzene rings is 1. The number of aromatic nitrogens is 4. The maximum Gasteiger partial charge on any atom is 0.156 e. The van der Waals surface area contributed by atoms with E-state index in [0.717, 1.165) is 28.2 Å². The summed E-state index contributed by atoms with van der Waals surface area (Å²) >= 11 is 1.52. The Morgan fingerprint density at radius 2 is 1.97 bits per heavy atom. The van der Waals surface area contributed by atoms with Crippen molar-refractivity contribution in [1.29, 1.82) is 0 Å². The van der Waals surface area contributed by atoms with Gasteiger partial charge in [0.2, 0.25) is 0 Å². The van der Waals surface area contributed by atoms with E-state index >= 15 is 0 Å². The minimum absolute atomic E-state index is 0.0560. The number of thiazole rings is 1. The summed E-state index contributed by atoms with van der Waals surface area (Å²) in [4.78, 5) is 21.7. The first-order valence-electron chi connectivity index (χ1n) is 10.5. The van der Waals surface area contributed by atoms with Gasteiger partial charge < -0.3 is 5.32 Å². The third-order valence-electron chi connectivity index (χ3n) is 5.25. The fraction of sp³-hybridized carbons (Fsp3) is 0.250. The van der Waals surface area contributed by atoms with Crippen molar-refractivity contribution < 1.29 is 9.18 Å². The number of carbonyl (C=O) groups is 1. The fourth-order valence-corrected chi connectivity index (χ4v) is 4.10. The molecule has 0 radical (unpaired) electrons. The van der Waals surface area contributed by atoms with Gasteiger partial charge in [0.25, 0.3) is 0 Å². The first-order valence-corrected chi connectivity index (χ1v) is 11.4. The summed E-state index contributed by atoms with van der Waals surface area (Å²) in [5.41, 5.74) is 6.22. The highest BCUT2D eigenvalue weighted by molar-refractivity contribution is 7.07. The molecule has 8 heteroatoms. The highest BCUT2D eigenvalue weighted by Crippen LogP contribution is 2.19. The lowest BCUT2D eigenvalue weighted by molar-refractivity contribution is -0.120. The lowest BCUT2D eigenvalue weighted by atomic mass is 9.99. The topological polar surface area (TPSA) is 72.7 Å². The van der Waals surface area contributed by atoms with Crippen LogP contribution in [-0.4, -0.2) is 31.6 Å². The van der Waals surface area contributed by atoms with Gasteiger partial charge in [-0.1, -0.05) is 12.1 Å². The molecule has 32 heavy (non-hydrogen) atoms. The third kappa shape index (κ3) is 5.52. The van der Waals surface area contributed by atoms with Gasteiger partial charge in [-0.05, 0) is 49.2 Å². The molecule has 0 fully saturated rings. The molecular formula is C24H24FN5OS. The van der Waals surface area contributed by atoms with Crippen LogP contribution in [0.3, 0.4) is 0 Å². The molecule has 0 aliphatic rings. The van der Waals surface area contributed by atoms with Crippen molar-refractivity contribution in [2.45, 2.75) is 38.9 Å². The largest absolute Gasteiger partial charge is 0.301 e. The molecule has 0 saturated heterocycles. The average Bonchev–Trinajstić information content (AvgIpc) is 3.48. The van der Waals surface area contributed by atoms with Gasteiger partial charge in [-0.3, -0.25) is 14.5 Å². The van der Waals surface area contributed by atoms with Crippen molar-refractivity contribution in [3.05, 3.63) is 88.5 Å². The van der Waals surface area contributed by atoms with Crippen LogP contribution in [0.2, 0.25) is 0 Å². The molecule has 6 nitrogen and oxygen atoms in total. The van der Waals surface area contributed by atoms with Crippen LogP contribution in [0.5, 0.6) is 0 Å². The first kappa shape index (κ1) is 22.0. The van der Waals surface area contributed by atoms with Crippen LogP contribution < -0.4 is 5.32 Å². The Bertz CT molecular complexity index is 1140. The molecule has 4 aromatic rings. The monoisotopic (exact) mass is 449 g/mol. The van der Waals surface area contributed by atoms with E-state index in [1.807, 2.05) is 35.2 Å². The van der Waals surface area contributed by atoms with Gasteiger partial charge in [0.1, 0.15) is 5.82 Å². The van der Waals surface area contributed by atoms with E-state index in [1.54, 1.807) is 30.0 Å². The molecule has 0 aliphatic heterocycles. The van der Waals surface area contributed by atoms with Crippen LogP contribution >= 0.6 is 11.3 Å². The average molecular weight is 450 g/mol. The summed E-state index contributed by atoms with van der Waals surface area (Å²) in [7, 11) is 0. The van der Waals surface area contributed by atoms with Crippen molar-refractivity contribution >= 4 is 17.1 Å². The molecule has 1 atom stereocenters. The number of hydrogen-bond donors (Lipinski definition) is 1. The summed E-state index contributed by atoms with van der Waals surface area (Å²) in [6.07, 6.45) is 4.18. The van der Waals surface area contributed by atoms with E-state index in [1.165, 1.54) is 23.5 Å². The van der Waals surface area contributed by atoms with Crippen LogP contribution in [0.1, 0.15) is 23.9 Å². The number of pyridine rings is 1. The summed E-state index contributed by atoms with van der Waals surface area (Å²) in [6, 6.07) is 11.6. The number of ketones is 1. The Kier molecular flexibility index (Phi) is 7.14. The minimum atomic E-state index is -0.424. The fourth-order valence-electron chi connectivity index (χ4n) is 3.55. The van der Waals surface area contributed by atoms with E-state index in [2.05, 4.69) is 20.4 Å². The Labute approximate surface area is 190 Å². The van der Waals surface area contributed by atoms with Crippen molar-refractivity contribution in [2.75, 3.05) is 0 Å². The lowest BCUT2D eigenvalue weighted by Gasteiger charge is -2.18. The number of aryl methyl sites for hydroxylation is 1. The standard InChI is InChI=1S/C24H24FN5OS/c1-2-30-21(12-22(29-30)18-7-9-26-10-8-18)13-24(31)23(27-14-20-15-32-16-28-20)11-17-3-5-19(25)6-4-17/h3-10,12,15-16,23,27H,2,11,13-14H2,1H3/t23-/m0/s1. The summed E-state index contributed by atoms with van der Waals surface area (Å²) < 4.78 is 15.2. The summed E-state index contributed by atoms with van der Waals surface area (Å²) in [6.45, 7) is 3.17. The molecule has 3 heterocycles. The normalized spacial score (nSPS) is 12.1. The Morgan fingerprint density at radius 3 is 2.66 bits per heavy atom. The molecule has 1 aromatic carbocycles. The van der Waals surface area contributed by atoms with Gasteiger partial charge in [-0.2, -0.15) is 5.10 Å². The second-order valence-corrected chi connectivity index (χ2v) is 8.18. The Morgan fingerprint density at radius 1 is 1.19 bits per heavy atom. The van der Waals surface area contributed by atoms with Gasteiger partial charge in [-0.15, -0.1) is 11.3 Å². The molecule has 0 aliphatic carbocycles. The zero-order valence-electron chi connectivity index (χ0n) is 17.7. The zero-order valence-corrected chi connectivity index (χ0v) is 18.6. The third-order valence-corrected chi connectivity index (χ3v) is 5.88. The van der Waals surface area contributed by atoms with Gasteiger partial charge in [0.05, 0.1) is 29.4 Å². The number of hydrogen-bond acceptors (Lipinski definition) is 6. The highest BCUT2D eigenvalue weighted by Gasteiger charge is 2.21. The van der Waals surface area contributed by atoms with Crippen molar-refractivity contribution in [3.8, 4) is 11.3 Å². The summed E-state index contributed by atoms with van der Waals surface area (Å²) in [5, 5.41) is 9.96. The first-order chi connectivity index (χ1) is 15.6. The maximum atomic E-state index is 13.4. The van der Waals surface area contributed by atoms with Crippen LogP contribution in [0, 0.1) is 5.82 Å². The predicted molar refractivity (Wildman–Crippen MR) is 123 cm³/mol. The molecule has 0 bridgehead atoms. The van der Waals surface area contributed by atoms with Crippen LogP contribution in [0.4, 0.5) is 4.39 Å². The van der Waals surface area contributed by atoms with E-state index in [-0.39, 0.29) is 18.0 Å². The molecule has 0 amide bonds. The Hall–Kier alpha value is -3.23. The second kappa shape index (κ2) is 10.4. The SMILES string of the molecule is CCn1nc(-c2ccncc2)cc1CC(=O)[C@H](Cc1ccc(F)cc1)NCc1cscn1. The molecule has 0 spiro atoms. The van der Waals surface area contributed by atoms with Crippen molar-refractivity contribution in [1.82, 2.24) is 25.1 Å². The van der Waals surface area contributed by atoms with Crippen LogP contribution in [0.15, 0.2) is 65.7 Å². The van der Waals surface area contributed by atoms with Gasteiger partial charge in [-0.25, -0.2) is 9.37 Å². The zero-order chi connectivity index (χ0) is 22.3. The number of Topliss-reactive ketones (excluding diaryl/α,β-unsaturated/α-hetero) is 1. The predicted octanol–water partition coefficient (Wildman–Crippen LogP) is 4.07. The quantitative estimate of drug-likeness (QED) is 0.395. The molecular weight excluding hydrogens is 425 g/mol. The van der Waals surface area contributed by atoms with Crippen molar-refractivity contribution in [2.24, 2.45) is 0 Å². The smallest absolute Gasteiger partial charge is 0.156 e. The molecule has 0 saturated carbocycles. The number of halogens is 1. The number of nitrogens with one attached hydrogen (secondary N) is 1. The number of carbonyl (C=O) groups excluding carboxylic acids is 1. The van der Waals surface area contributed by atoms with E-state index in [4.69, 9.17) is 0 Å². The molecule has 0 unspecified atom stereocenters. The van der Waals surface area contributed by atoms with Gasteiger partial charge in [0.15, 0.2) is 5.78 Å². The highest BCUT2D eigenvalue weighted by atomic mass is 32.1. The van der Waals surface area contributed by atoms with E-state index < -0.39 is 6.04 Å². The lowest BCUT2D eigenvalue weighted by Crippen LogP contribution is -2.39. The minimum Gasteiger partial charge on any atom is -0.301 e. The van der Waals surface area contributed by atoms with Gasteiger partial charge in [0, 0.05) is 42.1 Å². The van der Waals surface area contributed by atoms with Crippen LogP contribution in [0.25, 0.3) is 11.3 Å².